The summed E-state index contributed by atoms with van der Waals surface area (Å²) in [6, 6.07) is 14.6. The molecule has 1 heterocycles. The van der Waals surface area contributed by atoms with Crippen LogP contribution < -0.4 is 4.74 Å². The standard InChI is InChI=1S/C22H25FN2O3/c1-17-7-9-20(19(23)15-17)28-16-22(27)25-13-11-24(12-14-25)21(26)10-8-18-5-3-2-4-6-18/h2-7,9,15H,8,10-14,16H2,1H3. The van der Waals surface area contributed by atoms with Crippen molar-refractivity contribution in [3.8, 4) is 5.75 Å². The van der Waals surface area contributed by atoms with Gasteiger partial charge in [-0.3, -0.25) is 9.59 Å². The van der Waals surface area contributed by atoms with E-state index in [1.807, 2.05) is 30.3 Å². The second-order valence-electron chi connectivity index (χ2n) is 6.97. The number of carbonyl (C=O) groups excluding carboxylic acids is 2. The Kier molecular flexibility index (Phi) is 6.63. The van der Waals surface area contributed by atoms with Gasteiger partial charge < -0.3 is 14.5 Å². The molecular formula is C22H25FN2O3. The Bertz CT molecular complexity index is 818. The Labute approximate surface area is 164 Å². The second-order valence-corrected chi connectivity index (χ2v) is 6.97. The fourth-order valence-corrected chi connectivity index (χ4v) is 3.21. The van der Waals surface area contributed by atoms with Crippen LogP contribution in [0.15, 0.2) is 48.5 Å². The highest BCUT2D eigenvalue weighted by atomic mass is 19.1. The number of rotatable bonds is 6. The number of ether oxygens (including phenoxy) is 1. The maximum atomic E-state index is 13.8. The molecule has 0 atom stereocenters. The van der Waals surface area contributed by atoms with Crippen molar-refractivity contribution in [2.24, 2.45) is 0 Å². The van der Waals surface area contributed by atoms with Crippen LogP contribution in [-0.2, 0) is 16.0 Å². The average Bonchev–Trinajstić information content (AvgIpc) is 2.72. The molecule has 1 aliphatic rings. The lowest BCUT2D eigenvalue weighted by atomic mass is 10.1. The maximum Gasteiger partial charge on any atom is 0.260 e. The molecule has 0 spiro atoms. The summed E-state index contributed by atoms with van der Waals surface area (Å²) in [6.45, 7) is 3.54. The summed E-state index contributed by atoms with van der Waals surface area (Å²) >= 11 is 0. The van der Waals surface area contributed by atoms with Crippen LogP contribution >= 0.6 is 0 Å². The molecule has 1 aliphatic heterocycles. The van der Waals surface area contributed by atoms with E-state index in [0.29, 0.717) is 32.6 Å². The van der Waals surface area contributed by atoms with Crippen molar-refractivity contribution in [2.75, 3.05) is 32.8 Å². The van der Waals surface area contributed by atoms with Crippen LogP contribution in [0.25, 0.3) is 0 Å². The molecule has 2 amide bonds. The van der Waals surface area contributed by atoms with Gasteiger partial charge in [0.15, 0.2) is 18.2 Å². The molecule has 5 nitrogen and oxygen atoms in total. The quantitative estimate of drug-likeness (QED) is 0.770. The number of carbonyl (C=O) groups is 2. The Morgan fingerprint density at radius 2 is 1.61 bits per heavy atom. The summed E-state index contributed by atoms with van der Waals surface area (Å²) < 4.78 is 19.1. The first-order valence-electron chi connectivity index (χ1n) is 9.51. The molecule has 0 saturated carbocycles. The van der Waals surface area contributed by atoms with Gasteiger partial charge in [-0.05, 0) is 36.6 Å². The number of nitrogens with zero attached hydrogens (tertiary/aromatic N) is 2. The molecule has 2 aromatic carbocycles. The van der Waals surface area contributed by atoms with Gasteiger partial charge in [0.25, 0.3) is 5.91 Å². The predicted molar refractivity (Wildman–Crippen MR) is 105 cm³/mol. The summed E-state index contributed by atoms with van der Waals surface area (Å²) in [4.78, 5) is 28.2. The number of piperazine rings is 1. The largest absolute Gasteiger partial charge is 0.481 e. The SMILES string of the molecule is Cc1ccc(OCC(=O)N2CCN(C(=O)CCc3ccccc3)CC2)c(F)c1. The number of aryl methyl sites for hydroxylation is 2. The molecule has 2 aromatic rings. The zero-order valence-electron chi connectivity index (χ0n) is 16.1. The van der Waals surface area contributed by atoms with E-state index in [0.717, 1.165) is 17.5 Å². The monoisotopic (exact) mass is 384 g/mol. The van der Waals surface area contributed by atoms with E-state index < -0.39 is 5.82 Å². The van der Waals surface area contributed by atoms with E-state index in [1.165, 1.54) is 12.1 Å². The molecule has 6 heteroatoms. The van der Waals surface area contributed by atoms with Gasteiger partial charge in [0, 0.05) is 32.6 Å². The molecule has 0 N–H and O–H groups in total. The molecule has 28 heavy (non-hydrogen) atoms. The lowest BCUT2D eigenvalue weighted by Gasteiger charge is -2.34. The van der Waals surface area contributed by atoms with Crippen molar-refractivity contribution in [1.29, 1.82) is 0 Å². The highest BCUT2D eigenvalue weighted by Crippen LogP contribution is 2.18. The normalized spacial score (nSPS) is 14.1. The maximum absolute atomic E-state index is 13.8. The lowest BCUT2D eigenvalue weighted by Crippen LogP contribution is -2.51. The van der Waals surface area contributed by atoms with Gasteiger partial charge in [0.2, 0.25) is 5.91 Å². The molecular weight excluding hydrogens is 359 g/mol. The van der Waals surface area contributed by atoms with Gasteiger partial charge >= 0.3 is 0 Å². The molecule has 1 saturated heterocycles. The molecule has 3 rings (SSSR count). The summed E-state index contributed by atoms with van der Waals surface area (Å²) in [7, 11) is 0. The minimum Gasteiger partial charge on any atom is -0.481 e. The summed E-state index contributed by atoms with van der Waals surface area (Å²) in [5.41, 5.74) is 1.94. The van der Waals surface area contributed by atoms with E-state index in [1.54, 1.807) is 22.8 Å². The van der Waals surface area contributed by atoms with E-state index >= 15 is 0 Å². The van der Waals surface area contributed by atoms with Gasteiger partial charge in [0.05, 0.1) is 0 Å². The number of halogens is 1. The molecule has 0 bridgehead atoms. The van der Waals surface area contributed by atoms with Gasteiger partial charge in [0.1, 0.15) is 0 Å². The number of amides is 2. The Balaban J connectivity index is 1.41. The molecule has 0 radical (unpaired) electrons. The zero-order valence-corrected chi connectivity index (χ0v) is 16.1. The third kappa shape index (κ3) is 5.31. The van der Waals surface area contributed by atoms with E-state index in [-0.39, 0.29) is 24.2 Å². The number of benzene rings is 2. The molecule has 1 fully saturated rings. The molecule has 0 aromatic heterocycles. The van der Waals surface area contributed by atoms with Crippen LogP contribution in [-0.4, -0.2) is 54.4 Å². The van der Waals surface area contributed by atoms with Crippen LogP contribution in [0.2, 0.25) is 0 Å². The van der Waals surface area contributed by atoms with Crippen molar-refractivity contribution < 1.29 is 18.7 Å². The Morgan fingerprint density at radius 1 is 0.964 bits per heavy atom. The van der Waals surface area contributed by atoms with E-state index in [9.17, 15) is 14.0 Å². The summed E-state index contributed by atoms with van der Waals surface area (Å²) in [6.07, 6.45) is 1.18. The van der Waals surface area contributed by atoms with Crippen LogP contribution in [0.4, 0.5) is 4.39 Å². The smallest absolute Gasteiger partial charge is 0.260 e. The molecule has 0 aliphatic carbocycles. The van der Waals surface area contributed by atoms with E-state index in [4.69, 9.17) is 4.74 Å². The van der Waals surface area contributed by atoms with Crippen molar-refractivity contribution in [3.05, 3.63) is 65.5 Å². The van der Waals surface area contributed by atoms with Crippen LogP contribution in [0, 0.1) is 12.7 Å². The summed E-state index contributed by atoms with van der Waals surface area (Å²) in [5, 5.41) is 0. The minimum absolute atomic E-state index is 0.0775. The molecule has 0 unspecified atom stereocenters. The Hall–Kier alpha value is -2.89. The van der Waals surface area contributed by atoms with Crippen LogP contribution in [0.1, 0.15) is 17.5 Å². The third-order valence-electron chi connectivity index (χ3n) is 4.89. The lowest BCUT2D eigenvalue weighted by molar-refractivity contribution is -0.140. The minimum atomic E-state index is -0.471. The molecule has 148 valence electrons. The second kappa shape index (κ2) is 9.35. The Morgan fingerprint density at radius 3 is 2.25 bits per heavy atom. The fraction of sp³-hybridized carbons (Fsp3) is 0.364. The number of hydrogen-bond donors (Lipinski definition) is 0. The first-order chi connectivity index (χ1) is 13.5. The highest BCUT2D eigenvalue weighted by Gasteiger charge is 2.24. The van der Waals surface area contributed by atoms with Gasteiger partial charge in [-0.2, -0.15) is 0 Å². The van der Waals surface area contributed by atoms with Crippen molar-refractivity contribution in [1.82, 2.24) is 9.80 Å². The topological polar surface area (TPSA) is 49.9 Å². The van der Waals surface area contributed by atoms with Crippen molar-refractivity contribution >= 4 is 11.8 Å². The fourth-order valence-electron chi connectivity index (χ4n) is 3.21. The van der Waals surface area contributed by atoms with Crippen LogP contribution in [0.5, 0.6) is 5.75 Å². The van der Waals surface area contributed by atoms with E-state index in [2.05, 4.69) is 0 Å². The predicted octanol–water partition coefficient (Wildman–Crippen LogP) is 2.82. The van der Waals surface area contributed by atoms with Gasteiger partial charge in [-0.25, -0.2) is 4.39 Å². The number of hydrogen-bond acceptors (Lipinski definition) is 3. The first-order valence-corrected chi connectivity index (χ1v) is 9.51. The zero-order chi connectivity index (χ0) is 19.9. The van der Waals surface area contributed by atoms with Crippen molar-refractivity contribution in [3.63, 3.8) is 0 Å². The van der Waals surface area contributed by atoms with Crippen molar-refractivity contribution in [2.45, 2.75) is 19.8 Å². The summed E-state index contributed by atoms with van der Waals surface area (Å²) in [5.74, 6) is -0.486. The third-order valence-corrected chi connectivity index (χ3v) is 4.89. The highest BCUT2D eigenvalue weighted by molar-refractivity contribution is 5.79. The average molecular weight is 384 g/mol. The van der Waals surface area contributed by atoms with Gasteiger partial charge in [-0.15, -0.1) is 0 Å². The van der Waals surface area contributed by atoms with Gasteiger partial charge in [-0.1, -0.05) is 36.4 Å². The van der Waals surface area contributed by atoms with Crippen LogP contribution in [0.3, 0.4) is 0 Å². The first kappa shape index (κ1) is 19.9.